The molecule has 84 valence electrons. The van der Waals surface area contributed by atoms with Gasteiger partial charge in [-0.2, -0.15) is 5.10 Å². The normalized spacial score (nSPS) is 20.8. The fourth-order valence-corrected chi connectivity index (χ4v) is 1.82. The van der Waals surface area contributed by atoms with Crippen LogP contribution in [0.5, 0.6) is 0 Å². The van der Waals surface area contributed by atoms with Gasteiger partial charge < -0.3 is 10.6 Å². The van der Waals surface area contributed by atoms with Gasteiger partial charge in [0.25, 0.3) is 0 Å². The van der Waals surface area contributed by atoms with Crippen LogP contribution in [0.25, 0.3) is 0 Å². The number of allylic oxidation sites excluding steroid dienone is 3. The van der Waals surface area contributed by atoms with E-state index >= 15 is 0 Å². The van der Waals surface area contributed by atoms with E-state index in [1.807, 2.05) is 4.90 Å². The average molecular weight is 227 g/mol. The molecule has 0 saturated carbocycles. The molecule has 3 rings (SSSR count). The highest BCUT2D eigenvalue weighted by Gasteiger charge is 2.26. The van der Waals surface area contributed by atoms with Crippen LogP contribution in [0.1, 0.15) is 0 Å². The minimum absolute atomic E-state index is 0.396. The van der Waals surface area contributed by atoms with Gasteiger partial charge in [0, 0.05) is 11.8 Å². The maximum absolute atomic E-state index is 11.2. The molecule has 3 aliphatic heterocycles. The molecule has 1 amide bonds. The van der Waals surface area contributed by atoms with E-state index in [0.29, 0.717) is 18.0 Å². The third-order valence-corrected chi connectivity index (χ3v) is 2.70. The highest BCUT2D eigenvalue weighted by molar-refractivity contribution is 6.19. The van der Waals surface area contributed by atoms with Crippen molar-refractivity contribution in [3.63, 3.8) is 0 Å². The third-order valence-electron chi connectivity index (χ3n) is 2.70. The second-order valence-electron chi connectivity index (χ2n) is 3.76. The number of carbonyl (C=O) groups is 1. The zero-order chi connectivity index (χ0) is 11.8. The van der Waals surface area contributed by atoms with Crippen LogP contribution < -0.4 is 5.73 Å². The number of aliphatic imine (C=N–C) groups is 1. The number of amidine groups is 1. The maximum Gasteiger partial charge on any atom is 0.246 e. The first-order chi connectivity index (χ1) is 8.25. The van der Waals surface area contributed by atoms with Crippen LogP contribution in [0.2, 0.25) is 0 Å². The fourth-order valence-electron chi connectivity index (χ4n) is 1.82. The Bertz CT molecular complexity index is 577. The largest absolute Gasteiger partial charge is 0.366 e. The zero-order valence-electron chi connectivity index (χ0n) is 8.87. The highest BCUT2D eigenvalue weighted by Crippen LogP contribution is 2.21. The summed E-state index contributed by atoms with van der Waals surface area (Å²) in [7, 11) is 0. The average Bonchev–Trinajstić information content (AvgIpc) is 2.71. The molecular formula is C11H9N5O. The Hall–Kier alpha value is -2.50. The number of hydrogen-bond acceptors (Lipinski definition) is 5. The van der Waals surface area contributed by atoms with E-state index in [4.69, 9.17) is 5.73 Å². The number of fused-ring (bicyclic) bond motifs is 3. The molecule has 0 atom stereocenters. The van der Waals surface area contributed by atoms with Gasteiger partial charge in [-0.25, -0.2) is 0 Å². The van der Waals surface area contributed by atoms with Gasteiger partial charge in [-0.1, -0.05) is 0 Å². The van der Waals surface area contributed by atoms with Gasteiger partial charge in [0.05, 0.1) is 30.2 Å². The predicted octanol–water partition coefficient (Wildman–Crippen LogP) is -0.0362. The molecule has 0 bridgehead atoms. The van der Waals surface area contributed by atoms with Crippen molar-refractivity contribution in [3.8, 4) is 0 Å². The van der Waals surface area contributed by atoms with Gasteiger partial charge in [-0.05, 0) is 12.2 Å². The van der Waals surface area contributed by atoms with E-state index in [2.05, 4.69) is 15.2 Å². The lowest BCUT2D eigenvalue weighted by Gasteiger charge is -2.26. The Kier molecular flexibility index (Phi) is 2.01. The molecule has 3 aliphatic rings. The number of nitrogens with zero attached hydrogens (tertiary/aromatic N) is 4. The van der Waals surface area contributed by atoms with Crippen LogP contribution in [0.4, 0.5) is 0 Å². The molecule has 6 nitrogen and oxygen atoms in total. The van der Waals surface area contributed by atoms with Crippen LogP contribution >= 0.6 is 0 Å². The molecule has 0 radical (unpaired) electrons. The number of nitrogens with two attached hydrogens (primary N) is 1. The van der Waals surface area contributed by atoms with Gasteiger partial charge >= 0.3 is 0 Å². The Morgan fingerprint density at radius 3 is 3.06 bits per heavy atom. The number of rotatable bonds is 1. The number of carbonyl (C=O) groups excluding carboxylic acids is 1. The number of amides is 1. The Morgan fingerprint density at radius 2 is 2.24 bits per heavy atom. The monoisotopic (exact) mass is 227 g/mol. The highest BCUT2D eigenvalue weighted by atomic mass is 16.1. The molecule has 6 heteroatoms. The first kappa shape index (κ1) is 9.71. The molecule has 17 heavy (non-hydrogen) atoms. The molecule has 0 aliphatic carbocycles. The lowest BCUT2D eigenvalue weighted by atomic mass is 10.1. The topological polar surface area (TPSA) is 83.4 Å². The quantitative estimate of drug-likeness (QED) is 0.682. The molecule has 0 spiro atoms. The minimum Gasteiger partial charge on any atom is -0.366 e. The summed E-state index contributed by atoms with van der Waals surface area (Å²) in [6.45, 7) is 0.396. The summed E-state index contributed by atoms with van der Waals surface area (Å²) in [5, 5.41) is 7.89. The van der Waals surface area contributed by atoms with Crippen molar-refractivity contribution in [1.29, 1.82) is 0 Å². The van der Waals surface area contributed by atoms with E-state index in [1.54, 1.807) is 30.8 Å². The van der Waals surface area contributed by atoms with Crippen molar-refractivity contribution in [1.82, 2.24) is 4.90 Å². The second kappa shape index (κ2) is 3.51. The number of primary amides is 1. The molecular weight excluding hydrogens is 218 g/mol. The Labute approximate surface area is 97.2 Å². The summed E-state index contributed by atoms with van der Waals surface area (Å²) < 4.78 is 0. The summed E-state index contributed by atoms with van der Waals surface area (Å²) in [5.41, 5.74) is 7.52. The summed E-state index contributed by atoms with van der Waals surface area (Å²) in [6, 6.07) is 0. The predicted molar refractivity (Wildman–Crippen MR) is 64.6 cm³/mol. The molecule has 0 fully saturated rings. The smallest absolute Gasteiger partial charge is 0.246 e. The maximum atomic E-state index is 11.2. The van der Waals surface area contributed by atoms with Gasteiger partial charge in [-0.15, -0.1) is 5.10 Å². The fraction of sp³-hybridized carbons (Fsp3) is 0.0909. The standard InChI is InChI=1S/C11H9N5O/c12-10(17)7-1-2-9-5-13-3-8-4-14-15-11(8)16(9)6-7/h1-5H,6H2,(H2,12,17). The van der Waals surface area contributed by atoms with Gasteiger partial charge in [0.15, 0.2) is 5.84 Å². The van der Waals surface area contributed by atoms with E-state index < -0.39 is 5.91 Å². The van der Waals surface area contributed by atoms with Crippen LogP contribution in [-0.2, 0) is 4.79 Å². The van der Waals surface area contributed by atoms with Crippen LogP contribution in [0.3, 0.4) is 0 Å². The van der Waals surface area contributed by atoms with Crippen molar-refractivity contribution in [2.24, 2.45) is 20.9 Å². The van der Waals surface area contributed by atoms with E-state index in [1.165, 1.54) is 0 Å². The molecule has 0 saturated heterocycles. The molecule has 0 unspecified atom stereocenters. The first-order valence-corrected chi connectivity index (χ1v) is 5.08. The summed E-state index contributed by atoms with van der Waals surface area (Å²) >= 11 is 0. The van der Waals surface area contributed by atoms with Crippen LogP contribution in [-0.4, -0.2) is 35.6 Å². The molecule has 0 aromatic rings. The van der Waals surface area contributed by atoms with Crippen molar-refractivity contribution < 1.29 is 4.79 Å². The summed E-state index contributed by atoms with van der Waals surface area (Å²) in [5.74, 6) is 0.270. The molecule has 2 N–H and O–H groups in total. The Morgan fingerprint density at radius 1 is 1.35 bits per heavy atom. The van der Waals surface area contributed by atoms with Gasteiger partial charge in [-0.3, -0.25) is 9.79 Å². The SMILES string of the molecule is NC(=O)C1=CC=C2C=NC=C3C=NN=C3N2C1. The van der Waals surface area contributed by atoms with E-state index in [9.17, 15) is 4.79 Å². The zero-order valence-corrected chi connectivity index (χ0v) is 8.87. The third kappa shape index (κ3) is 1.50. The van der Waals surface area contributed by atoms with E-state index in [0.717, 1.165) is 11.3 Å². The van der Waals surface area contributed by atoms with Crippen molar-refractivity contribution >= 4 is 24.2 Å². The van der Waals surface area contributed by atoms with Crippen molar-refractivity contribution in [2.75, 3.05) is 6.54 Å². The molecule has 0 aromatic carbocycles. The molecule has 0 aromatic heterocycles. The van der Waals surface area contributed by atoms with E-state index in [-0.39, 0.29) is 0 Å². The second-order valence-corrected chi connectivity index (χ2v) is 3.76. The lowest BCUT2D eigenvalue weighted by molar-refractivity contribution is -0.114. The molecule has 3 heterocycles. The Balaban J connectivity index is 2.03. The van der Waals surface area contributed by atoms with Gasteiger partial charge in [0.1, 0.15) is 0 Å². The lowest BCUT2D eigenvalue weighted by Crippen LogP contribution is -2.37. The number of hydrogen-bond donors (Lipinski definition) is 1. The summed E-state index contributed by atoms with van der Waals surface area (Å²) in [6.07, 6.45) is 8.55. The van der Waals surface area contributed by atoms with Gasteiger partial charge in [0.2, 0.25) is 5.91 Å². The van der Waals surface area contributed by atoms with Crippen molar-refractivity contribution in [2.45, 2.75) is 0 Å². The van der Waals surface area contributed by atoms with Crippen molar-refractivity contribution in [3.05, 3.63) is 35.2 Å². The van der Waals surface area contributed by atoms with Crippen LogP contribution in [0.15, 0.2) is 50.4 Å². The first-order valence-electron chi connectivity index (χ1n) is 5.08. The summed E-state index contributed by atoms with van der Waals surface area (Å²) in [4.78, 5) is 17.2. The minimum atomic E-state index is -0.425. The van der Waals surface area contributed by atoms with Crippen LogP contribution in [0, 0.1) is 0 Å².